The zero-order valence-electron chi connectivity index (χ0n) is 16.9. The highest BCUT2D eigenvalue weighted by atomic mass is 35.5. The van der Waals surface area contributed by atoms with Crippen LogP contribution in [0.4, 0.5) is 5.00 Å². The first-order chi connectivity index (χ1) is 14.4. The minimum Gasteiger partial charge on any atom is -0.465 e. The van der Waals surface area contributed by atoms with Crippen molar-refractivity contribution in [2.75, 3.05) is 12.4 Å². The van der Waals surface area contributed by atoms with Crippen molar-refractivity contribution in [1.82, 2.24) is 0 Å². The average Bonchev–Trinajstić information content (AvgIpc) is 3.15. The normalized spacial score (nSPS) is 11.1. The van der Waals surface area contributed by atoms with E-state index in [1.54, 1.807) is 18.2 Å². The number of benzene rings is 2. The third-order valence-electron chi connectivity index (χ3n) is 4.60. The van der Waals surface area contributed by atoms with Gasteiger partial charge in [-0.2, -0.15) is 0 Å². The fraction of sp³-hybridized carbons (Fsp3) is 0.167. The molecule has 6 heteroatoms. The maximum absolute atomic E-state index is 12.5. The van der Waals surface area contributed by atoms with Gasteiger partial charge >= 0.3 is 5.97 Å². The summed E-state index contributed by atoms with van der Waals surface area (Å²) < 4.78 is 4.93. The topological polar surface area (TPSA) is 55.4 Å². The molecule has 3 rings (SSSR count). The van der Waals surface area contributed by atoms with Crippen LogP contribution in [-0.2, 0) is 9.53 Å². The molecule has 1 aromatic heterocycles. The Morgan fingerprint density at radius 2 is 1.73 bits per heavy atom. The Balaban J connectivity index is 1.80. The van der Waals surface area contributed by atoms with Crippen molar-refractivity contribution in [3.63, 3.8) is 0 Å². The van der Waals surface area contributed by atoms with Gasteiger partial charge in [-0.15, -0.1) is 11.3 Å². The lowest BCUT2D eigenvalue weighted by Gasteiger charge is -2.07. The van der Waals surface area contributed by atoms with Gasteiger partial charge in [0.05, 0.1) is 7.11 Å². The van der Waals surface area contributed by atoms with Crippen molar-refractivity contribution < 1.29 is 14.3 Å². The molecule has 1 amide bonds. The van der Waals surface area contributed by atoms with E-state index < -0.39 is 5.97 Å². The Morgan fingerprint density at radius 3 is 2.33 bits per heavy atom. The molecular weight excluding hydrogens is 418 g/mol. The fourth-order valence-electron chi connectivity index (χ4n) is 2.91. The van der Waals surface area contributed by atoms with Crippen LogP contribution >= 0.6 is 22.9 Å². The number of hydrogen-bond acceptors (Lipinski definition) is 4. The number of halogens is 1. The highest BCUT2D eigenvalue weighted by Gasteiger charge is 2.21. The molecule has 0 radical (unpaired) electrons. The van der Waals surface area contributed by atoms with Crippen molar-refractivity contribution in [2.45, 2.75) is 19.8 Å². The van der Waals surface area contributed by atoms with Crippen molar-refractivity contribution in [1.29, 1.82) is 0 Å². The van der Waals surface area contributed by atoms with Crippen LogP contribution < -0.4 is 5.32 Å². The molecule has 0 bridgehead atoms. The van der Waals surface area contributed by atoms with Crippen LogP contribution in [0.5, 0.6) is 0 Å². The molecule has 3 aromatic rings. The van der Waals surface area contributed by atoms with Gasteiger partial charge in [0.2, 0.25) is 5.91 Å². The molecule has 154 valence electrons. The maximum Gasteiger partial charge on any atom is 0.341 e. The van der Waals surface area contributed by atoms with Gasteiger partial charge in [0.1, 0.15) is 10.6 Å². The molecule has 2 aromatic carbocycles. The first kappa shape index (κ1) is 21.8. The SMILES string of the molecule is COC(=O)c1c(-c2ccc(Cl)cc2)csc1NC(=O)/C=C/c1ccc(C(C)C)cc1. The molecule has 0 atom stereocenters. The summed E-state index contributed by atoms with van der Waals surface area (Å²) in [7, 11) is 1.32. The van der Waals surface area contributed by atoms with E-state index in [0.29, 0.717) is 27.1 Å². The smallest absolute Gasteiger partial charge is 0.341 e. The van der Waals surface area contributed by atoms with Crippen molar-refractivity contribution in [3.8, 4) is 11.1 Å². The van der Waals surface area contributed by atoms with E-state index in [-0.39, 0.29) is 5.91 Å². The Morgan fingerprint density at radius 1 is 1.07 bits per heavy atom. The highest BCUT2D eigenvalue weighted by Crippen LogP contribution is 2.36. The van der Waals surface area contributed by atoms with Gasteiger partial charge in [0.15, 0.2) is 0 Å². The number of nitrogens with one attached hydrogen (secondary N) is 1. The van der Waals surface area contributed by atoms with Gasteiger partial charge < -0.3 is 10.1 Å². The highest BCUT2D eigenvalue weighted by molar-refractivity contribution is 7.15. The Kier molecular flexibility index (Phi) is 7.08. The predicted octanol–water partition coefficient (Wildman–Crippen LogP) is 6.63. The van der Waals surface area contributed by atoms with E-state index in [1.165, 1.54) is 30.1 Å². The van der Waals surface area contributed by atoms with Crippen molar-refractivity contribution >= 4 is 45.9 Å². The Labute approximate surface area is 185 Å². The van der Waals surface area contributed by atoms with Crippen LogP contribution in [0, 0.1) is 0 Å². The zero-order chi connectivity index (χ0) is 21.7. The number of carbonyl (C=O) groups is 2. The summed E-state index contributed by atoms with van der Waals surface area (Å²) in [4.78, 5) is 24.8. The Hall–Kier alpha value is -2.89. The molecule has 0 aliphatic rings. The minimum absolute atomic E-state index is 0.322. The summed E-state index contributed by atoms with van der Waals surface area (Å²) >= 11 is 7.23. The van der Waals surface area contributed by atoms with Crippen LogP contribution in [0.15, 0.2) is 60.0 Å². The monoisotopic (exact) mass is 439 g/mol. The lowest BCUT2D eigenvalue weighted by atomic mass is 10.0. The van der Waals surface area contributed by atoms with Gasteiger partial charge in [-0.25, -0.2) is 4.79 Å². The first-order valence-electron chi connectivity index (χ1n) is 9.43. The second kappa shape index (κ2) is 9.74. The molecule has 0 aliphatic carbocycles. The summed E-state index contributed by atoms with van der Waals surface area (Å²) in [6, 6.07) is 15.2. The number of methoxy groups -OCH3 is 1. The van der Waals surface area contributed by atoms with Gasteiger partial charge in [0.25, 0.3) is 0 Å². The van der Waals surface area contributed by atoms with E-state index in [0.717, 1.165) is 11.1 Å². The van der Waals surface area contributed by atoms with Gasteiger partial charge in [-0.3, -0.25) is 4.79 Å². The van der Waals surface area contributed by atoms with E-state index >= 15 is 0 Å². The van der Waals surface area contributed by atoms with Gasteiger partial charge in [-0.05, 0) is 40.8 Å². The minimum atomic E-state index is -0.509. The number of thiophene rings is 1. The van der Waals surface area contributed by atoms with Crippen LogP contribution in [0.3, 0.4) is 0 Å². The molecule has 1 N–H and O–H groups in total. The molecule has 0 unspecified atom stereocenters. The third-order valence-corrected chi connectivity index (χ3v) is 5.75. The maximum atomic E-state index is 12.5. The quantitative estimate of drug-likeness (QED) is 0.346. The van der Waals surface area contributed by atoms with Crippen molar-refractivity contribution in [3.05, 3.63) is 81.7 Å². The molecular formula is C24H22ClNO3S. The van der Waals surface area contributed by atoms with Gasteiger partial charge in [-0.1, -0.05) is 61.8 Å². The Bertz CT molecular complexity index is 1070. The lowest BCUT2D eigenvalue weighted by Crippen LogP contribution is -2.11. The largest absolute Gasteiger partial charge is 0.465 e. The van der Waals surface area contributed by atoms with Crippen LogP contribution in [0.2, 0.25) is 5.02 Å². The fourth-order valence-corrected chi connectivity index (χ4v) is 4.00. The molecule has 1 heterocycles. The van der Waals surface area contributed by atoms with E-state index in [1.807, 2.05) is 29.6 Å². The molecule has 0 saturated heterocycles. The summed E-state index contributed by atoms with van der Waals surface area (Å²) in [6.45, 7) is 4.27. The second-order valence-corrected chi connectivity index (χ2v) is 8.31. The second-order valence-electron chi connectivity index (χ2n) is 7.00. The van der Waals surface area contributed by atoms with E-state index in [4.69, 9.17) is 16.3 Å². The third kappa shape index (κ3) is 5.17. The predicted molar refractivity (Wildman–Crippen MR) is 124 cm³/mol. The van der Waals surface area contributed by atoms with Crippen LogP contribution in [-0.4, -0.2) is 19.0 Å². The summed E-state index contributed by atoms with van der Waals surface area (Å²) in [5.41, 5.74) is 4.00. The van der Waals surface area contributed by atoms with E-state index in [2.05, 4.69) is 31.3 Å². The van der Waals surface area contributed by atoms with Gasteiger partial charge in [0, 0.05) is 22.0 Å². The molecule has 0 fully saturated rings. The average molecular weight is 440 g/mol. The first-order valence-corrected chi connectivity index (χ1v) is 10.7. The summed E-state index contributed by atoms with van der Waals surface area (Å²) in [6.07, 6.45) is 3.19. The molecule has 0 spiro atoms. The number of hydrogen-bond donors (Lipinski definition) is 1. The number of carbonyl (C=O) groups excluding carboxylic acids is 2. The van der Waals surface area contributed by atoms with Crippen LogP contribution in [0.25, 0.3) is 17.2 Å². The standard InChI is InChI=1S/C24H22ClNO3S/c1-15(2)17-7-4-16(5-8-17)6-13-21(27)26-23-22(24(28)29-3)20(14-30-23)18-9-11-19(25)12-10-18/h4-15H,1-3H3,(H,26,27)/b13-6+. The zero-order valence-corrected chi connectivity index (χ0v) is 18.5. The van der Waals surface area contributed by atoms with Crippen molar-refractivity contribution in [2.24, 2.45) is 0 Å². The lowest BCUT2D eigenvalue weighted by molar-refractivity contribution is -0.111. The molecule has 0 saturated carbocycles. The number of amides is 1. The summed E-state index contributed by atoms with van der Waals surface area (Å²) in [5, 5.41) is 5.66. The number of anilines is 1. The van der Waals surface area contributed by atoms with Crippen LogP contribution in [0.1, 0.15) is 41.3 Å². The number of ether oxygens (including phenoxy) is 1. The molecule has 30 heavy (non-hydrogen) atoms. The molecule has 0 aliphatic heterocycles. The van der Waals surface area contributed by atoms with E-state index in [9.17, 15) is 9.59 Å². The number of esters is 1. The molecule has 4 nitrogen and oxygen atoms in total. The number of rotatable bonds is 6. The summed E-state index contributed by atoms with van der Waals surface area (Å²) in [5.74, 6) is -0.376.